The minimum absolute atomic E-state index is 0.0752. The highest BCUT2D eigenvalue weighted by atomic mass is 19.1. The van der Waals surface area contributed by atoms with Crippen molar-refractivity contribution in [3.05, 3.63) is 59.2 Å². The van der Waals surface area contributed by atoms with Gasteiger partial charge in [-0.2, -0.15) is 0 Å². The summed E-state index contributed by atoms with van der Waals surface area (Å²) in [7, 11) is 0. The zero-order chi connectivity index (χ0) is 14.5. The molecule has 0 atom stereocenters. The quantitative estimate of drug-likeness (QED) is 0.388. The summed E-state index contributed by atoms with van der Waals surface area (Å²) in [5, 5.41) is 11.5. The van der Waals surface area contributed by atoms with Gasteiger partial charge in [-0.3, -0.25) is 4.98 Å². The van der Waals surface area contributed by atoms with Gasteiger partial charge in [0.25, 0.3) is 0 Å². The van der Waals surface area contributed by atoms with Gasteiger partial charge in [0.15, 0.2) is 5.84 Å². The molecule has 2 rings (SSSR count). The summed E-state index contributed by atoms with van der Waals surface area (Å²) in [6.07, 6.45) is 1.53. The highest BCUT2D eigenvalue weighted by molar-refractivity contribution is 5.95. The number of ether oxygens (including phenoxy) is 1. The number of nitrogens with zero attached hydrogens (tertiary/aromatic N) is 2. The molecule has 104 valence electrons. The van der Waals surface area contributed by atoms with Crippen molar-refractivity contribution in [3.8, 4) is 5.75 Å². The van der Waals surface area contributed by atoms with Crippen molar-refractivity contribution in [3.63, 3.8) is 0 Å². The second kappa shape index (κ2) is 6.01. The largest absolute Gasteiger partial charge is 0.489 e. The van der Waals surface area contributed by atoms with Crippen LogP contribution in [0.25, 0.3) is 0 Å². The highest BCUT2D eigenvalue weighted by Crippen LogP contribution is 2.20. The number of halogens is 1. The molecule has 0 bridgehead atoms. The second-order valence-electron chi connectivity index (χ2n) is 4.23. The van der Waals surface area contributed by atoms with Crippen molar-refractivity contribution < 1.29 is 14.3 Å². The van der Waals surface area contributed by atoms with Crippen LogP contribution in [0.2, 0.25) is 0 Å². The molecule has 2 aromatic rings. The van der Waals surface area contributed by atoms with Crippen LogP contribution in [0.3, 0.4) is 0 Å². The topological polar surface area (TPSA) is 80.7 Å². The van der Waals surface area contributed by atoms with Crippen LogP contribution in [0, 0.1) is 12.7 Å². The number of pyridine rings is 1. The standard InChI is InChI=1S/C14H14FN3O2/c1-9-2-3-11(15)7-13(9)20-8-10-4-5-17-12(6-10)14(16)18-19/h2-7,19H,8H2,1H3,(H2,16,18). The van der Waals surface area contributed by atoms with Crippen molar-refractivity contribution in [2.45, 2.75) is 13.5 Å². The van der Waals surface area contributed by atoms with Gasteiger partial charge in [-0.25, -0.2) is 4.39 Å². The molecule has 0 radical (unpaired) electrons. The molecule has 0 spiro atoms. The van der Waals surface area contributed by atoms with E-state index in [0.717, 1.165) is 11.1 Å². The van der Waals surface area contributed by atoms with Gasteiger partial charge in [-0.05, 0) is 36.2 Å². The number of oxime groups is 1. The van der Waals surface area contributed by atoms with Gasteiger partial charge >= 0.3 is 0 Å². The molecule has 0 amide bonds. The summed E-state index contributed by atoms with van der Waals surface area (Å²) in [6, 6.07) is 7.75. The number of hydrogen-bond donors (Lipinski definition) is 2. The van der Waals surface area contributed by atoms with E-state index in [1.165, 1.54) is 18.3 Å². The smallest absolute Gasteiger partial charge is 0.188 e. The summed E-state index contributed by atoms with van der Waals surface area (Å²) in [4.78, 5) is 3.97. The lowest BCUT2D eigenvalue weighted by atomic mass is 10.2. The van der Waals surface area contributed by atoms with Gasteiger partial charge in [-0.1, -0.05) is 11.2 Å². The average Bonchev–Trinajstić information content (AvgIpc) is 2.47. The number of rotatable bonds is 4. The third-order valence-electron chi connectivity index (χ3n) is 2.74. The Morgan fingerprint density at radius 3 is 2.95 bits per heavy atom. The van der Waals surface area contributed by atoms with E-state index in [1.54, 1.807) is 18.2 Å². The fourth-order valence-corrected chi connectivity index (χ4v) is 1.65. The number of aromatic nitrogens is 1. The third kappa shape index (κ3) is 3.23. The predicted molar refractivity (Wildman–Crippen MR) is 72.2 cm³/mol. The first-order valence-corrected chi connectivity index (χ1v) is 5.92. The van der Waals surface area contributed by atoms with E-state index in [4.69, 9.17) is 15.7 Å². The maximum absolute atomic E-state index is 13.1. The van der Waals surface area contributed by atoms with Gasteiger partial charge < -0.3 is 15.7 Å². The Balaban J connectivity index is 2.13. The molecule has 0 aliphatic rings. The van der Waals surface area contributed by atoms with Crippen LogP contribution < -0.4 is 10.5 Å². The van der Waals surface area contributed by atoms with Crippen LogP contribution in [-0.2, 0) is 6.61 Å². The van der Waals surface area contributed by atoms with Crippen LogP contribution in [0.15, 0.2) is 41.7 Å². The van der Waals surface area contributed by atoms with Crippen LogP contribution in [0.1, 0.15) is 16.8 Å². The lowest BCUT2D eigenvalue weighted by Gasteiger charge is -2.09. The van der Waals surface area contributed by atoms with Crippen LogP contribution >= 0.6 is 0 Å². The van der Waals surface area contributed by atoms with E-state index < -0.39 is 0 Å². The van der Waals surface area contributed by atoms with Crippen molar-refractivity contribution in [1.82, 2.24) is 4.98 Å². The van der Waals surface area contributed by atoms with Crippen molar-refractivity contribution in [2.75, 3.05) is 0 Å². The fraction of sp³-hybridized carbons (Fsp3) is 0.143. The summed E-state index contributed by atoms with van der Waals surface area (Å²) in [5.74, 6) is 0.0543. The van der Waals surface area contributed by atoms with E-state index in [9.17, 15) is 4.39 Å². The first-order chi connectivity index (χ1) is 9.60. The lowest BCUT2D eigenvalue weighted by Crippen LogP contribution is -2.15. The Bertz CT molecular complexity index is 644. The molecule has 20 heavy (non-hydrogen) atoms. The molecule has 5 nitrogen and oxygen atoms in total. The summed E-state index contributed by atoms with van der Waals surface area (Å²) >= 11 is 0. The molecular formula is C14H14FN3O2. The Kier molecular flexibility index (Phi) is 4.14. The van der Waals surface area contributed by atoms with Gasteiger partial charge in [0.2, 0.25) is 0 Å². The molecule has 1 heterocycles. The molecule has 0 aliphatic carbocycles. The number of nitrogens with two attached hydrogens (primary N) is 1. The maximum Gasteiger partial charge on any atom is 0.188 e. The van der Waals surface area contributed by atoms with Gasteiger partial charge in [0.1, 0.15) is 23.9 Å². The monoisotopic (exact) mass is 275 g/mol. The summed E-state index contributed by atoms with van der Waals surface area (Å²) in [6.45, 7) is 2.07. The number of hydrogen-bond acceptors (Lipinski definition) is 4. The fourth-order valence-electron chi connectivity index (χ4n) is 1.65. The van der Waals surface area contributed by atoms with E-state index in [1.807, 2.05) is 6.92 Å². The van der Waals surface area contributed by atoms with Crippen molar-refractivity contribution >= 4 is 5.84 Å². The predicted octanol–water partition coefficient (Wildman–Crippen LogP) is 2.20. The highest BCUT2D eigenvalue weighted by Gasteiger charge is 2.05. The molecule has 0 saturated heterocycles. The third-order valence-corrected chi connectivity index (χ3v) is 2.74. The Labute approximate surface area is 115 Å². The maximum atomic E-state index is 13.1. The zero-order valence-electron chi connectivity index (χ0n) is 10.9. The molecular weight excluding hydrogens is 261 g/mol. The number of aryl methyl sites for hydroxylation is 1. The van der Waals surface area contributed by atoms with Gasteiger partial charge in [-0.15, -0.1) is 0 Å². The van der Waals surface area contributed by atoms with Crippen molar-refractivity contribution in [2.24, 2.45) is 10.9 Å². The number of amidine groups is 1. The number of benzene rings is 1. The van der Waals surface area contributed by atoms with Crippen molar-refractivity contribution in [1.29, 1.82) is 0 Å². The Hall–Kier alpha value is -2.63. The first kappa shape index (κ1) is 13.8. The van der Waals surface area contributed by atoms with E-state index in [-0.39, 0.29) is 18.3 Å². The lowest BCUT2D eigenvalue weighted by molar-refractivity contribution is 0.302. The van der Waals surface area contributed by atoms with Crippen LogP contribution in [0.5, 0.6) is 5.75 Å². The van der Waals surface area contributed by atoms with E-state index >= 15 is 0 Å². The van der Waals surface area contributed by atoms with Crippen LogP contribution in [0.4, 0.5) is 4.39 Å². The zero-order valence-corrected chi connectivity index (χ0v) is 10.9. The van der Waals surface area contributed by atoms with E-state index in [0.29, 0.717) is 11.4 Å². The normalized spacial score (nSPS) is 11.4. The Morgan fingerprint density at radius 2 is 2.20 bits per heavy atom. The molecule has 3 N–H and O–H groups in total. The minimum Gasteiger partial charge on any atom is -0.489 e. The SMILES string of the molecule is Cc1ccc(F)cc1OCc1ccnc(/C(N)=N/O)c1. The van der Waals surface area contributed by atoms with Crippen LogP contribution in [-0.4, -0.2) is 16.0 Å². The molecule has 1 aromatic heterocycles. The second-order valence-corrected chi connectivity index (χ2v) is 4.23. The molecule has 0 saturated carbocycles. The van der Waals surface area contributed by atoms with E-state index in [2.05, 4.69) is 10.1 Å². The van der Waals surface area contributed by atoms with Gasteiger partial charge in [0.05, 0.1) is 0 Å². The minimum atomic E-state index is -0.349. The molecule has 6 heteroatoms. The Morgan fingerprint density at radius 1 is 1.40 bits per heavy atom. The summed E-state index contributed by atoms with van der Waals surface area (Å²) in [5.41, 5.74) is 7.44. The van der Waals surface area contributed by atoms with Gasteiger partial charge in [0, 0.05) is 12.3 Å². The molecule has 0 unspecified atom stereocenters. The summed E-state index contributed by atoms with van der Waals surface area (Å²) < 4.78 is 18.7. The first-order valence-electron chi connectivity index (χ1n) is 5.92. The molecule has 0 fully saturated rings. The molecule has 0 aliphatic heterocycles. The average molecular weight is 275 g/mol. The molecule has 1 aromatic carbocycles.